The van der Waals surface area contributed by atoms with Gasteiger partial charge in [-0.3, -0.25) is 14.9 Å². The Hall–Kier alpha value is -5.02. The summed E-state index contributed by atoms with van der Waals surface area (Å²) < 4.78 is 12.9. The molecule has 0 bridgehead atoms. The molecule has 0 fully saturated rings. The Labute approximate surface area is 259 Å². The smallest absolute Gasteiger partial charge is 0.311 e. The number of fused-ring (bicyclic) bond motifs is 1. The van der Waals surface area contributed by atoms with E-state index < -0.39 is 4.92 Å². The first-order chi connectivity index (χ1) is 21.2. The molecule has 1 heterocycles. The van der Waals surface area contributed by atoms with Crippen molar-refractivity contribution in [3.8, 4) is 22.9 Å². The Balaban J connectivity index is 1.57. The molecule has 0 saturated heterocycles. The molecule has 0 saturated carbocycles. The van der Waals surface area contributed by atoms with Crippen LogP contribution in [0.4, 0.5) is 5.69 Å². The van der Waals surface area contributed by atoms with Crippen LogP contribution in [0.15, 0.2) is 88.8 Å². The van der Waals surface area contributed by atoms with Gasteiger partial charge in [-0.2, -0.15) is 9.78 Å². The number of nitro groups is 1. The first-order valence-electron chi connectivity index (χ1n) is 14.2. The maximum Gasteiger partial charge on any atom is 0.311 e. The SMILES string of the molecule is CCOc1cc(C)c(-c2nc3ccccc3c(=O)n2N=Cc2ccc(OCc3ccc(Cl)cc3)c([N+](=O)[O-])c2)cc1C(C)C. The van der Waals surface area contributed by atoms with Crippen LogP contribution in [0.1, 0.15) is 48.9 Å². The molecule has 0 aliphatic heterocycles. The first kappa shape index (κ1) is 30.4. The third-order valence-corrected chi connectivity index (χ3v) is 7.33. The Kier molecular flexibility index (Phi) is 9.06. The molecule has 0 atom stereocenters. The lowest BCUT2D eigenvalue weighted by Gasteiger charge is -2.18. The molecule has 1 aromatic heterocycles. The number of rotatable bonds is 10. The number of aromatic nitrogens is 2. The highest BCUT2D eigenvalue weighted by molar-refractivity contribution is 6.30. The van der Waals surface area contributed by atoms with E-state index >= 15 is 0 Å². The van der Waals surface area contributed by atoms with E-state index in [-0.39, 0.29) is 29.5 Å². The predicted molar refractivity (Wildman–Crippen MR) is 173 cm³/mol. The van der Waals surface area contributed by atoms with Crippen LogP contribution in [0.25, 0.3) is 22.3 Å². The number of nitrogens with zero attached hydrogens (tertiary/aromatic N) is 4. The molecule has 44 heavy (non-hydrogen) atoms. The van der Waals surface area contributed by atoms with Crippen LogP contribution < -0.4 is 15.0 Å². The first-order valence-corrected chi connectivity index (χ1v) is 14.5. The summed E-state index contributed by atoms with van der Waals surface area (Å²) >= 11 is 5.94. The Morgan fingerprint density at radius 1 is 1.02 bits per heavy atom. The summed E-state index contributed by atoms with van der Waals surface area (Å²) in [4.78, 5) is 30.0. The van der Waals surface area contributed by atoms with Crippen molar-refractivity contribution in [2.24, 2.45) is 5.10 Å². The monoisotopic (exact) mass is 610 g/mol. The average Bonchev–Trinajstić information content (AvgIpc) is 3.00. The summed E-state index contributed by atoms with van der Waals surface area (Å²) in [6.45, 7) is 8.68. The number of hydrogen-bond acceptors (Lipinski definition) is 7. The van der Waals surface area contributed by atoms with E-state index in [1.807, 2.05) is 32.0 Å². The van der Waals surface area contributed by atoms with Gasteiger partial charge in [0, 0.05) is 22.2 Å². The quantitative estimate of drug-likeness (QED) is 0.0902. The van der Waals surface area contributed by atoms with Crippen LogP contribution in [0, 0.1) is 17.0 Å². The summed E-state index contributed by atoms with van der Waals surface area (Å²) in [5.74, 6) is 1.40. The predicted octanol–water partition coefficient (Wildman–Crippen LogP) is 7.92. The zero-order valence-corrected chi connectivity index (χ0v) is 25.5. The molecule has 5 rings (SSSR count). The van der Waals surface area contributed by atoms with E-state index in [0.717, 1.165) is 28.0 Å². The van der Waals surface area contributed by atoms with Gasteiger partial charge in [0.15, 0.2) is 11.6 Å². The number of halogens is 1. The van der Waals surface area contributed by atoms with Crippen molar-refractivity contribution >= 4 is 34.4 Å². The zero-order chi connectivity index (χ0) is 31.4. The van der Waals surface area contributed by atoms with Crippen molar-refractivity contribution in [1.29, 1.82) is 0 Å². The fraction of sp³-hybridized carbons (Fsp3) is 0.206. The van der Waals surface area contributed by atoms with Crippen molar-refractivity contribution in [2.75, 3.05) is 6.61 Å². The molecule has 0 aliphatic carbocycles. The van der Waals surface area contributed by atoms with Crippen LogP contribution in [0.2, 0.25) is 5.02 Å². The Bertz CT molecular complexity index is 1930. The van der Waals surface area contributed by atoms with Gasteiger partial charge in [0.2, 0.25) is 0 Å². The van der Waals surface area contributed by atoms with Crippen molar-refractivity contribution in [3.63, 3.8) is 0 Å². The minimum Gasteiger partial charge on any atom is -0.494 e. The van der Waals surface area contributed by atoms with Crippen LogP contribution in [-0.2, 0) is 6.61 Å². The highest BCUT2D eigenvalue weighted by Gasteiger charge is 2.19. The number of hydrogen-bond donors (Lipinski definition) is 0. The van der Waals surface area contributed by atoms with Gasteiger partial charge in [-0.25, -0.2) is 4.98 Å². The number of nitro benzene ring substituents is 1. The van der Waals surface area contributed by atoms with Crippen molar-refractivity contribution in [2.45, 2.75) is 40.2 Å². The third-order valence-electron chi connectivity index (χ3n) is 7.08. The van der Waals surface area contributed by atoms with Gasteiger partial charge in [0.05, 0.1) is 28.6 Å². The molecule has 10 heteroatoms. The highest BCUT2D eigenvalue weighted by atomic mass is 35.5. The molecule has 0 aliphatic rings. The van der Waals surface area contributed by atoms with Crippen LogP contribution >= 0.6 is 11.6 Å². The van der Waals surface area contributed by atoms with Gasteiger partial charge in [0.25, 0.3) is 5.56 Å². The molecular formula is C34H31ClN4O5. The van der Waals surface area contributed by atoms with Gasteiger partial charge >= 0.3 is 5.69 Å². The highest BCUT2D eigenvalue weighted by Crippen LogP contribution is 2.34. The van der Waals surface area contributed by atoms with Crippen LogP contribution in [0.3, 0.4) is 0 Å². The molecule has 9 nitrogen and oxygen atoms in total. The van der Waals surface area contributed by atoms with Gasteiger partial charge in [0.1, 0.15) is 12.4 Å². The second kappa shape index (κ2) is 13.1. The van der Waals surface area contributed by atoms with Crippen molar-refractivity contribution in [1.82, 2.24) is 9.66 Å². The number of benzene rings is 4. The maximum absolute atomic E-state index is 13.8. The van der Waals surface area contributed by atoms with Crippen LogP contribution in [-0.4, -0.2) is 27.4 Å². The van der Waals surface area contributed by atoms with E-state index in [0.29, 0.717) is 33.9 Å². The Morgan fingerprint density at radius 2 is 1.77 bits per heavy atom. The van der Waals surface area contributed by atoms with Gasteiger partial charge < -0.3 is 9.47 Å². The molecule has 0 N–H and O–H groups in total. The summed E-state index contributed by atoms with van der Waals surface area (Å²) in [7, 11) is 0. The standard InChI is InChI=1S/C34H31ClN4O5/c1-5-43-32-16-22(4)28(18-27(32)21(2)3)33-37-29-9-7-6-8-26(29)34(40)38(33)36-19-24-12-15-31(30(17-24)39(41)42)44-20-23-10-13-25(35)14-11-23/h6-19,21H,5,20H2,1-4H3. The topological polar surface area (TPSA) is 109 Å². The summed E-state index contributed by atoms with van der Waals surface area (Å²) in [6.07, 6.45) is 1.41. The minimum atomic E-state index is -0.513. The number of aryl methyl sites for hydroxylation is 1. The summed E-state index contributed by atoms with van der Waals surface area (Å²) in [5.41, 5.74) is 3.75. The van der Waals surface area contributed by atoms with E-state index in [4.69, 9.17) is 26.1 Å². The zero-order valence-electron chi connectivity index (χ0n) is 24.8. The van der Waals surface area contributed by atoms with Crippen molar-refractivity contribution in [3.05, 3.63) is 127 Å². The molecular weight excluding hydrogens is 580 g/mol. The largest absolute Gasteiger partial charge is 0.494 e. The van der Waals surface area contributed by atoms with Crippen molar-refractivity contribution < 1.29 is 14.4 Å². The lowest BCUT2D eigenvalue weighted by Crippen LogP contribution is -2.21. The van der Waals surface area contributed by atoms with E-state index in [2.05, 4.69) is 18.9 Å². The molecule has 0 unspecified atom stereocenters. The summed E-state index contributed by atoms with van der Waals surface area (Å²) in [6, 6.07) is 22.6. The average molecular weight is 611 g/mol. The molecule has 4 aromatic carbocycles. The van der Waals surface area contributed by atoms with Gasteiger partial charge in [-0.15, -0.1) is 0 Å². The lowest BCUT2D eigenvalue weighted by molar-refractivity contribution is -0.385. The molecule has 224 valence electrons. The lowest BCUT2D eigenvalue weighted by atomic mass is 9.96. The minimum absolute atomic E-state index is 0.110. The Morgan fingerprint density at radius 3 is 2.48 bits per heavy atom. The maximum atomic E-state index is 13.8. The normalized spacial score (nSPS) is 11.4. The van der Waals surface area contributed by atoms with E-state index in [1.165, 1.54) is 23.0 Å². The molecule has 0 spiro atoms. The van der Waals surface area contributed by atoms with E-state index in [9.17, 15) is 14.9 Å². The van der Waals surface area contributed by atoms with Crippen LogP contribution in [0.5, 0.6) is 11.5 Å². The molecule has 5 aromatic rings. The third kappa shape index (κ3) is 6.48. The second-order valence-electron chi connectivity index (χ2n) is 10.5. The molecule has 0 amide bonds. The fourth-order valence-corrected chi connectivity index (χ4v) is 4.95. The van der Waals surface area contributed by atoms with Gasteiger partial charge in [-0.05, 0) is 85.0 Å². The second-order valence-corrected chi connectivity index (χ2v) is 10.9. The summed E-state index contributed by atoms with van der Waals surface area (Å²) in [5, 5.41) is 17.4. The number of para-hydroxylation sites is 1. The molecule has 0 radical (unpaired) electrons. The number of ether oxygens (including phenoxy) is 2. The van der Waals surface area contributed by atoms with E-state index in [1.54, 1.807) is 48.5 Å². The van der Waals surface area contributed by atoms with Gasteiger partial charge in [-0.1, -0.05) is 49.7 Å². The fourth-order valence-electron chi connectivity index (χ4n) is 4.82.